The van der Waals surface area contributed by atoms with E-state index in [4.69, 9.17) is 9.47 Å². The first kappa shape index (κ1) is 11.6. The normalized spacial score (nSPS) is 29.9. The molecule has 102 valence electrons. The van der Waals surface area contributed by atoms with Crippen LogP contribution in [0.5, 0.6) is 11.5 Å². The Hall–Kier alpha value is -1.26. The van der Waals surface area contributed by atoms with Crippen molar-refractivity contribution in [3.8, 4) is 11.5 Å². The van der Waals surface area contributed by atoms with Gasteiger partial charge in [0.05, 0.1) is 0 Å². The minimum atomic E-state index is 0.359. The average Bonchev–Trinajstić information content (AvgIpc) is 3.09. The monoisotopic (exact) mass is 260 g/mol. The summed E-state index contributed by atoms with van der Waals surface area (Å²) in [5.74, 6) is 1.78. The predicted molar refractivity (Wildman–Crippen MR) is 72.4 cm³/mol. The third kappa shape index (κ3) is 1.90. The van der Waals surface area contributed by atoms with Crippen molar-refractivity contribution in [2.75, 3.05) is 26.9 Å². The highest BCUT2D eigenvalue weighted by Gasteiger charge is 2.40. The van der Waals surface area contributed by atoms with Gasteiger partial charge in [-0.2, -0.15) is 0 Å². The lowest BCUT2D eigenvalue weighted by molar-refractivity contribution is 0.174. The molecule has 2 atom stereocenters. The quantitative estimate of drug-likeness (QED) is 0.808. The Balaban J connectivity index is 1.50. The maximum atomic E-state index is 5.46. The lowest BCUT2D eigenvalue weighted by Gasteiger charge is -2.24. The topological polar surface area (TPSA) is 24.9 Å². The first-order valence-corrected chi connectivity index (χ1v) is 7.14. The molecule has 0 bridgehead atoms. The van der Waals surface area contributed by atoms with Gasteiger partial charge in [-0.15, -0.1) is 0 Å². The Morgan fingerprint density at radius 3 is 2.89 bits per heavy atom. The maximum absolute atomic E-state index is 5.46. The fourth-order valence-electron chi connectivity index (χ4n) is 3.76. The number of nitrogens with zero attached hydrogens (tertiary/aromatic N) is 2. The molecule has 4 heteroatoms. The average molecular weight is 260 g/mol. The van der Waals surface area contributed by atoms with Crippen LogP contribution < -0.4 is 9.47 Å². The fourth-order valence-corrected chi connectivity index (χ4v) is 3.76. The van der Waals surface area contributed by atoms with Crippen molar-refractivity contribution in [3.05, 3.63) is 23.8 Å². The van der Waals surface area contributed by atoms with Crippen molar-refractivity contribution in [1.29, 1.82) is 0 Å². The van der Waals surface area contributed by atoms with Gasteiger partial charge < -0.3 is 14.4 Å². The number of rotatable bonds is 2. The molecule has 4 rings (SSSR count). The van der Waals surface area contributed by atoms with Crippen molar-refractivity contribution in [2.45, 2.75) is 31.5 Å². The van der Waals surface area contributed by atoms with Gasteiger partial charge in [0.25, 0.3) is 0 Å². The van der Waals surface area contributed by atoms with Gasteiger partial charge in [-0.3, -0.25) is 4.90 Å². The summed E-state index contributed by atoms with van der Waals surface area (Å²) in [7, 11) is 2.26. The zero-order chi connectivity index (χ0) is 12.8. The van der Waals surface area contributed by atoms with Crippen LogP contribution in [0.25, 0.3) is 0 Å². The molecule has 1 aromatic carbocycles. The van der Waals surface area contributed by atoms with Crippen LogP contribution in [0.1, 0.15) is 18.4 Å². The predicted octanol–water partition coefficient (Wildman–Crippen LogP) is 1.69. The van der Waals surface area contributed by atoms with E-state index in [1.54, 1.807) is 0 Å². The van der Waals surface area contributed by atoms with E-state index in [0.717, 1.165) is 30.1 Å². The third-order valence-corrected chi connectivity index (χ3v) is 4.79. The molecule has 0 N–H and O–H groups in total. The van der Waals surface area contributed by atoms with E-state index < -0.39 is 0 Å². The number of fused-ring (bicyclic) bond motifs is 2. The van der Waals surface area contributed by atoms with Gasteiger partial charge in [0.1, 0.15) is 0 Å². The second-order valence-electron chi connectivity index (χ2n) is 5.85. The summed E-state index contributed by atoms with van der Waals surface area (Å²) in [6.07, 6.45) is 2.62. The lowest BCUT2D eigenvalue weighted by Crippen LogP contribution is -2.34. The minimum Gasteiger partial charge on any atom is -0.454 e. The molecule has 0 aliphatic carbocycles. The highest BCUT2D eigenvalue weighted by atomic mass is 16.7. The van der Waals surface area contributed by atoms with E-state index in [-0.39, 0.29) is 0 Å². The molecule has 0 radical (unpaired) electrons. The van der Waals surface area contributed by atoms with Gasteiger partial charge in [0.15, 0.2) is 11.5 Å². The van der Waals surface area contributed by atoms with E-state index in [1.165, 1.54) is 31.5 Å². The molecule has 2 fully saturated rings. The molecule has 0 saturated carbocycles. The fraction of sp³-hybridized carbons (Fsp3) is 0.600. The summed E-state index contributed by atoms with van der Waals surface area (Å²) in [6.45, 7) is 3.85. The van der Waals surface area contributed by atoms with Crippen LogP contribution in [0.4, 0.5) is 0 Å². The summed E-state index contributed by atoms with van der Waals surface area (Å²) in [4.78, 5) is 5.15. The second-order valence-corrected chi connectivity index (χ2v) is 5.85. The summed E-state index contributed by atoms with van der Waals surface area (Å²) in [5.41, 5.74) is 1.33. The van der Waals surface area contributed by atoms with Crippen molar-refractivity contribution in [3.63, 3.8) is 0 Å². The Bertz CT molecular complexity index is 491. The largest absolute Gasteiger partial charge is 0.454 e. The smallest absolute Gasteiger partial charge is 0.231 e. The minimum absolute atomic E-state index is 0.359. The standard InChI is InChI=1S/C15H20N2O2/c1-16-6-4-13-12(16)5-7-17(13)9-11-2-3-14-15(8-11)19-10-18-14/h2-3,8,12-13H,4-7,9-10H2,1H3/t12-,13+/m0/s1. The molecule has 3 heterocycles. The number of likely N-dealkylation sites (N-methyl/N-ethyl adjacent to an activating group) is 1. The Kier molecular flexibility index (Phi) is 2.67. The number of ether oxygens (including phenoxy) is 2. The Morgan fingerprint density at radius 2 is 1.95 bits per heavy atom. The Labute approximate surface area is 113 Å². The van der Waals surface area contributed by atoms with Crippen molar-refractivity contribution < 1.29 is 9.47 Å². The molecule has 4 nitrogen and oxygen atoms in total. The van der Waals surface area contributed by atoms with E-state index >= 15 is 0 Å². The number of hydrogen-bond acceptors (Lipinski definition) is 4. The molecule has 1 aromatic rings. The molecule has 3 aliphatic rings. The first-order valence-electron chi connectivity index (χ1n) is 7.14. The van der Waals surface area contributed by atoms with Crippen LogP contribution in [0.3, 0.4) is 0 Å². The van der Waals surface area contributed by atoms with Crippen LogP contribution in [-0.4, -0.2) is 48.8 Å². The van der Waals surface area contributed by atoms with Crippen molar-refractivity contribution in [1.82, 2.24) is 9.80 Å². The molecule has 2 saturated heterocycles. The molecule has 0 spiro atoms. The van der Waals surface area contributed by atoms with Crippen LogP contribution in [0.15, 0.2) is 18.2 Å². The zero-order valence-electron chi connectivity index (χ0n) is 11.3. The maximum Gasteiger partial charge on any atom is 0.231 e. The zero-order valence-corrected chi connectivity index (χ0v) is 11.3. The summed E-state index contributed by atoms with van der Waals surface area (Å²) in [5, 5.41) is 0. The van der Waals surface area contributed by atoms with Crippen LogP contribution in [0.2, 0.25) is 0 Å². The molecule has 0 amide bonds. The van der Waals surface area contributed by atoms with E-state index in [1.807, 2.05) is 6.07 Å². The van der Waals surface area contributed by atoms with E-state index in [9.17, 15) is 0 Å². The van der Waals surface area contributed by atoms with Gasteiger partial charge in [-0.05, 0) is 44.1 Å². The number of likely N-dealkylation sites (tertiary alicyclic amines) is 2. The number of benzene rings is 1. The molecular formula is C15H20N2O2. The molecule has 0 aromatic heterocycles. The first-order chi connectivity index (χ1) is 9.31. The second kappa shape index (κ2) is 4.39. The van der Waals surface area contributed by atoms with E-state index in [2.05, 4.69) is 29.0 Å². The molecule has 3 aliphatic heterocycles. The lowest BCUT2D eigenvalue weighted by atomic mass is 10.1. The van der Waals surface area contributed by atoms with Gasteiger partial charge in [0, 0.05) is 25.2 Å². The van der Waals surface area contributed by atoms with Gasteiger partial charge >= 0.3 is 0 Å². The Morgan fingerprint density at radius 1 is 1.11 bits per heavy atom. The third-order valence-electron chi connectivity index (χ3n) is 4.79. The number of hydrogen-bond donors (Lipinski definition) is 0. The molecule has 0 unspecified atom stereocenters. The van der Waals surface area contributed by atoms with Crippen molar-refractivity contribution in [2.24, 2.45) is 0 Å². The van der Waals surface area contributed by atoms with Crippen LogP contribution in [-0.2, 0) is 6.54 Å². The summed E-state index contributed by atoms with van der Waals surface area (Å²) in [6, 6.07) is 7.85. The SMILES string of the molecule is CN1CC[C@@H]2[C@@H]1CCN2Cc1ccc2c(c1)OCO2. The summed E-state index contributed by atoms with van der Waals surface area (Å²) < 4.78 is 10.8. The highest BCUT2D eigenvalue weighted by Crippen LogP contribution is 2.35. The van der Waals surface area contributed by atoms with Gasteiger partial charge in [-0.1, -0.05) is 6.07 Å². The highest BCUT2D eigenvalue weighted by molar-refractivity contribution is 5.44. The van der Waals surface area contributed by atoms with Gasteiger partial charge in [-0.25, -0.2) is 0 Å². The van der Waals surface area contributed by atoms with E-state index in [0.29, 0.717) is 6.79 Å². The molecule has 19 heavy (non-hydrogen) atoms. The van der Waals surface area contributed by atoms with Crippen molar-refractivity contribution >= 4 is 0 Å². The van der Waals surface area contributed by atoms with Gasteiger partial charge in [0.2, 0.25) is 6.79 Å². The molecular weight excluding hydrogens is 240 g/mol. The summed E-state index contributed by atoms with van der Waals surface area (Å²) >= 11 is 0. The van der Waals surface area contributed by atoms with Crippen LogP contribution in [0, 0.1) is 0 Å². The van der Waals surface area contributed by atoms with Crippen LogP contribution >= 0.6 is 0 Å².